The molecule has 7 heteroatoms. The van der Waals surface area contributed by atoms with Gasteiger partial charge >= 0.3 is 0 Å². The average molecular weight is 384 g/mol. The molecule has 0 aliphatic carbocycles. The van der Waals surface area contributed by atoms with Gasteiger partial charge in [0.25, 0.3) is 11.1 Å². The van der Waals surface area contributed by atoms with Gasteiger partial charge in [0.15, 0.2) is 11.5 Å². The Labute approximate surface area is 162 Å². The number of nitrogens with one attached hydrogen (secondary N) is 1. The lowest BCUT2D eigenvalue weighted by molar-refractivity contribution is -0.122. The van der Waals surface area contributed by atoms with Crippen molar-refractivity contribution in [1.29, 1.82) is 0 Å². The maximum Gasteiger partial charge on any atom is 0.295 e. The number of hydrogen-bond acceptors (Lipinski definition) is 6. The van der Waals surface area contributed by atoms with E-state index in [4.69, 9.17) is 9.47 Å². The van der Waals surface area contributed by atoms with E-state index < -0.39 is 0 Å². The zero-order valence-corrected chi connectivity index (χ0v) is 15.9. The molecule has 0 spiro atoms. The lowest BCUT2D eigenvalue weighted by Crippen LogP contribution is -2.33. The van der Waals surface area contributed by atoms with Crippen molar-refractivity contribution in [3.63, 3.8) is 0 Å². The summed E-state index contributed by atoms with van der Waals surface area (Å²) in [4.78, 5) is 26.4. The van der Waals surface area contributed by atoms with Gasteiger partial charge in [0, 0.05) is 5.69 Å². The van der Waals surface area contributed by atoms with Crippen molar-refractivity contribution < 1.29 is 19.1 Å². The van der Waals surface area contributed by atoms with Gasteiger partial charge in [-0.1, -0.05) is 24.3 Å². The SMILES string of the molecule is CCOc1ccc(/C=C2/SC(=O)N(CNc3ccccc3)C2=O)cc1OC. The summed E-state index contributed by atoms with van der Waals surface area (Å²) in [6, 6.07) is 14.8. The van der Waals surface area contributed by atoms with Crippen molar-refractivity contribution in [2.45, 2.75) is 6.92 Å². The fraction of sp³-hybridized carbons (Fsp3) is 0.200. The third kappa shape index (κ3) is 4.43. The smallest absolute Gasteiger partial charge is 0.295 e. The van der Waals surface area contributed by atoms with Crippen LogP contribution in [0.4, 0.5) is 10.5 Å². The summed E-state index contributed by atoms with van der Waals surface area (Å²) in [5.74, 6) is 0.897. The number of benzene rings is 2. The molecule has 0 radical (unpaired) electrons. The molecule has 2 aromatic rings. The van der Waals surface area contributed by atoms with Crippen LogP contribution in [0.5, 0.6) is 11.5 Å². The minimum Gasteiger partial charge on any atom is -0.493 e. The number of amides is 2. The van der Waals surface area contributed by atoms with Crippen molar-refractivity contribution >= 4 is 34.7 Å². The van der Waals surface area contributed by atoms with Gasteiger partial charge in [-0.05, 0) is 54.6 Å². The van der Waals surface area contributed by atoms with Crippen LogP contribution < -0.4 is 14.8 Å². The number of ether oxygens (including phenoxy) is 2. The molecule has 1 fully saturated rings. The van der Waals surface area contributed by atoms with Crippen LogP contribution in [0.2, 0.25) is 0 Å². The molecule has 2 aromatic carbocycles. The van der Waals surface area contributed by atoms with E-state index in [-0.39, 0.29) is 17.8 Å². The molecule has 1 heterocycles. The Morgan fingerprint density at radius 1 is 1.11 bits per heavy atom. The first-order chi connectivity index (χ1) is 13.1. The molecule has 2 amide bonds. The third-order valence-corrected chi connectivity index (χ3v) is 4.78. The summed E-state index contributed by atoms with van der Waals surface area (Å²) < 4.78 is 10.8. The Morgan fingerprint density at radius 2 is 1.89 bits per heavy atom. The lowest BCUT2D eigenvalue weighted by Gasteiger charge is -2.14. The first kappa shape index (κ1) is 18.8. The maximum absolute atomic E-state index is 12.6. The zero-order valence-electron chi connectivity index (χ0n) is 15.1. The molecular weight excluding hydrogens is 364 g/mol. The standard InChI is InChI=1S/C20H20N2O4S/c1-3-26-16-10-9-14(11-17(16)25-2)12-18-19(23)22(20(24)27-18)13-21-15-7-5-4-6-8-15/h4-12,21H,3,13H2,1-2H3/b18-12+. The van der Waals surface area contributed by atoms with E-state index in [1.165, 1.54) is 4.90 Å². The number of methoxy groups -OCH3 is 1. The van der Waals surface area contributed by atoms with Gasteiger partial charge in [-0.2, -0.15) is 0 Å². The van der Waals surface area contributed by atoms with Gasteiger partial charge in [0.2, 0.25) is 0 Å². The molecule has 0 saturated carbocycles. The van der Waals surface area contributed by atoms with Crippen molar-refractivity contribution in [2.75, 3.05) is 25.7 Å². The van der Waals surface area contributed by atoms with E-state index in [0.717, 1.165) is 23.0 Å². The monoisotopic (exact) mass is 384 g/mol. The van der Waals surface area contributed by atoms with Gasteiger partial charge < -0.3 is 14.8 Å². The molecule has 27 heavy (non-hydrogen) atoms. The van der Waals surface area contributed by atoms with E-state index in [1.54, 1.807) is 25.3 Å². The predicted molar refractivity (Wildman–Crippen MR) is 107 cm³/mol. The van der Waals surface area contributed by atoms with Crippen molar-refractivity contribution in [1.82, 2.24) is 4.90 Å². The molecular formula is C20H20N2O4S. The summed E-state index contributed by atoms with van der Waals surface area (Å²) >= 11 is 0.926. The Morgan fingerprint density at radius 3 is 2.59 bits per heavy atom. The number of imide groups is 1. The van der Waals surface area contributed by atoms with Crippen molar-refractivity contribution in [2.24, 2.45) is 0 Å². The van der Waals surface area contributed by atoms with Crippen molar-refractivity contribution in [3.8, 4) is 11.5 Å². The Hall–Kier alpha value is -2.93. The van der Waals surface area contributed by atoms with Gasteiger partial charge in [-0.15, -0.1) is 0 Å². The second-order valence-corrected chi connectivity index (χ2v) is 6.65. The third-order valence-electron chi connectivity index (χ3n) is 3.87. The Bertz CT molecular complexity index is 868. The summed E-state index contributed by atoms with van der Waals surface area (Å²) in [6.07, 6.45) is 1.69. The highest BCUT2D eigenvalue weighted by Crippen LogP contribution is 2.34. The molecule has 1 N–H and O–H groups in total. The highest BCUT2D eigenvalue weighted by molar-refractivity contribution is 8.18. The highest BCUT2D eigenvalue weighted by atomic mass is 32.2. The Balaban J connectivity index is 1.74. The molecule has 140 valence electrons. The number of carbonyl (C=O) groups excluding carboxylic acids is 2. The van der Waals surface area contributed by atoms with Crippen LogP contribution in [0.25, 0.3) is 6.08 Å². The van der Waals surface area contributed by atoms with Crippen LogP contribution in [-0.2, 0) is 4.79 Å². The normalized spacial score (nSPS) is 15.3. The van der Waals surface area contributed by atoms with E-state index in [0.29, 0.717) is 23.0 Å². The van der Waals surface area contributed by atoms with Crippen LogP contribution in [0.3, 0.4) is 0 Å². The van der Waals surface area contributed by atoms with Gasteiger partial charge in [-0.3, -0.25) is 14.5 Å². The molecule has 0 atom stereocenters. The topological polar surface area (TPSA) is 67.9 Å². The number of anilines is 1. The van der Waals surface area contributed by atoms with Gasteiger partial charge in [0.1, 0.15) is 0 Å². The van der Waals surface area contributed by atoms with Crippen LogP contribution in [-0.4, -0.2) is 36.4 Å². The second-order valence-electron chi connectivity index (χ2n) is 5.65. The van der Waals surface area contributed by atoms with E-state index in [1.807, 2.05) is 43.3 Å². The molecule has 6 nitrogen and oxygen atoms in total. The first-order valence-corrected chi connectivity index (χ1v) is 9.29. The number of carbonyl (C=O) groups is 2. The van der Waals surface area contributed by atoms with Crippen LogP contribution in [0.15, 0.2) is 53.4 Å². The van der Waals surface area contributed by atoms with E-state index in [2.05, 4.69) is 5.32 Å². The van der Waals surface area contributed by atoms with Crippen LogP contribution in [0.1, 0.15) is 12.5 Å². The summed E-state index contributed by atoms with van der Waals surface area (Å²) in [7, 11) is 1.56. The minimum absolute atomic E-state index is 0.124. The van der Waals surface area contributed by atoms with Crippen LogP contribution >= 0.6 is 11.8 Å². The van der Waals surface area contributed by atoms with Gasteiger partial charge in [-0.25, -0.2) is 0 Å². The number of para-hydroxylation sites is 1. The van der Waals surface area contributed by atoms with Gasteiger partial charge in [0.05, 0.1) is 25.3 Å². The molecule has 1 aliphatic rings. The average Bonchev–Trinajstić information content (AvgIpc) is 2.95. The number of rotatable bonds is 7. The minimum atomic E-state index is -0.318. The highest BCUT2D eigenvalue weighted by Gasteiger charge is 2.34. The molecule has 3 rings (SSSR count). The molecule has 0 bridgehead atoms. The van der Waals surface area contributed by atoms with E-state index >= 15 is 0 Å². The Kier molecular flexibility index (Phi) is 6.03. The molecule has 1 aliphatic heterocycles. The number of thioether (sulfide) groups is 1. The molecule has 1 saturated heterocycles. The quantitative estimate of drug-likeness (QED) is 0.722. The zero-order chi connectivity index (χ0) is 19.2. The summed E-state index contributed by atoms with van der Waals surface area (Å²) in [5, 5.41) is 2.78. The summed E-state index contributed by atoms with van der Waals surface area (Å²) in [6.45, 7) is 2.55. The largest absolute Gasteiger partial charge is 0.493 e. The number of nitrogens with zero attached hydrogens (tertiary/aromatic N) is 1. The number of hydrogen-bond donors (Lipinski definition) is 1. The molecule has 0 aromatic heterocycles. The van der Waals surface area contributed by atoms with E-state index in [9.17, 15) is 9.59 Å². The molecule has 0 unspecified atom stereocenters. The second kappa shape index (κ2) is 8.64. The van der Waals surface area contributed by atoms with Crippen LogP contribution in [0, 0.1) is 0 Å². The first-order valence-electron chi connectivity index (χ1n) is 8.47. The van der Waals surface area contributed by atoms with Crippen molar-refractivity contribution in [3.05, 3.63) is 59.0 Å². The fourth-order valence-electron chi connectivity index (χ4n) is 2.56. The fourth-order valence-corrected chi connectivity index (χ4v) is 3.40. The maximum atomic E-state index is 12.6. The predicted octanol–water partition coefficient (Wildman–Crippen LogP) is 4.20. The summed E-state index contributed by atoms with van der Waals surface area (Å²) in [5.41, 5.74) is 1.61. The lowest BCUT2D eigenvalue weighted by atomic mass is 10.2.